The lowest BCUT2D eigenvalue weighted by atomic mass is 10.1. The van der Waals surface area contributed by atoms with Crippen molar-refractivity contribution >= 4 is 11.9 Å². The first-order valence-corrected chi connectivity index (χ1v) is 5.79. The van der Waals surface area contributed by atoms with Gasteiger partial charge in [0.15, 0.2) is 0 Å². The Morgan fingerprint density at radius 2 is 1.95 bits per heavy atom. The molecule has 0 aliphatic heterocycles. The minimum atomic E-state index is -1.24. The Bertz CT molecular complexity index is 658. The predicted octanol–water partition coefficient (Wildman–Crippen LogP) is 1.85. The molecule has 0 radical (unpaired) electrons. The van der Waals surface area contributed by atoms with Crippen LogP contribution in [0.1, 0.15) is 26.4 Å². The van der Waals surface area contributed by atoms with Gasteiger partial charge in [-0.1, -0.05) is 18.2 Å². The van der Waals surface area contributed by atoms with Gasteiger partial charge in [-0.05, 0) is 18.2 Å². The number of carboxylic acids is 1. The first-order valence-electron chi connectivity index (χ1n) is 5.79. The summed E-state index contributed by atoms with van der Waals surface area (Å²) in [4.78, 5) is 26.6. The van der Waals surface area contributed by atoms with E-state index in [4.69, 9.17) is 5.11 Å². The molecule has 1 aromatic carbocycles. The quantitative estimate of drug-likeness (QED) is 0.891. The molecule has 2 N–H and O–H groups in total. The number of rotatable bonds is 4. The van der Waals surface area contributed by atoms with E-state index in [0.29, 0.717) is 5.56 Å². The molecule has 2 rings (SSSR count). The predicted molar refractivity (Wildman–Crippen MR) is 68.8 cm³/mol. The molecule has 1 heterocycles. The van der Waals surface area contributed by atoms with E-state index in [1.807, 2.05) is 0 Å². The molecule has 102 valence electrons. The highest BCUT2D eigenvalue weighted by atomic mass is 19.1. The Hall–Kier alpha value is -2.76. The summed E-state index contributed by atoms with van der Waals surface area (Å²) >= 11 is 0. The summed E-state index contributed by atoms with van der Waals surface area (Å²) in [5.74, 6) is -2.34. The molecule has 1 amide bonds. The van der Waals surface area contributed by atoms with Gasteiger partial charge in [-0.25, -0.2) is 9.18 Å². The highest BCUT2D eigenvalue weighted by Gasteiger charge is 2.17. The third-order valence-electron chi connectivity index (χ3n) is 2.65. The molecular formula is C14H11FN2O3. The van der Waals surface area contributed by atoms with Crippen molar-refractivity contribution in [2.24, 2.45) is 0 Å². The molecule has 20 heavy (non-hydrogen) atoms. The molecule has 0 aliphatic rings. The summed E-state index contributed by atoms with van der Waals surface area (Å²) < 4.78 is 13.4. The van der Waals surface area contributed by atoms with Gasteiger partial charge in [-0.15, -0.1) is 0 Å². The van der Waals surface area contributed by atoms with Crippen molar-refractivity contribution in [3.05, 3.63) is 65.2 Å². The Morgan fingerprint density at radius 3 is 2.65 bits per heavy atom. The van der Waals surface area contributed by atoms with Crippen LogP contribution in [-0.4, -0.2) is 22.0 Å². The molecule has 0 bridgehead atoms. The maximum Gasteiger partial charge on any atom is 0.338 e. The zero-order valence-electron chi connectivity index (χ0n) is 10.3. The van der Waals surface area contributed by atoms with Crippen molar-refractivity contribution in [2.45, 2.75) is 6.54 Å². The first kappa shape index (κ1) is 13.7. The van der Waals surface area contributed by atoms with Crippen LogP contribution in [0.4, 0.5) is 4.39 Å². The van der Waals surface area contributed by atoms with Crippen LogP contribution >= 0.6 is 0 Å². The van der Waals surface area contributed by atoms with E-state index in [0.717, 1.165) is 0 Å². The summed E-state index contributed by atoms with van der Waals surface area (Å²) in [6.45, 7) is -0.0405. The van der Waals surface area contributed by atoms with Gasteiger partial charge in [-0.3, -0.25) is 9.78 Å². The fourth-order valence-electron chi connectivity index (χ4n) is 1.66. The average Bonchev–Trinajstić information content (AvgIpc) is 2.46. The van der Waals surface area contributed by atoms with Crippen LogP contribution in [0.3, 0.4) is 0 Å². The summed E-state index contributed by atoms with van der Waals surface area (Å²) in [7, 11) is 0. The number of hydrogen-bond acceptors (Lipinski definition) is 3. The summed E-state index contributed by atoms with van der Waals surface area (Å²) in [5, 5.41) is 11.4. The number of carbonyl (C=O) groups is 2. The number of nitrogens with one attached hydrogen (secondary N) is 1. The molecule has 0 saturated carbocycles. The van der Waals surface area contributed by atoms with Gasteiger partial charge in [0.1, 0.15) is 11.5 Å². The number of aromatic nitrogens is 1. The molecule has 2 aromatic rings. The van der Waals surface area contributed by atoms with Crippen molar-refractivity contribution < 1.29 is 19.1 Å². The van der Waals surface area contributed by atoms with Crippen molar-refractivity contribution in [2.75, 3.05) is 0 Å². The highest BCUT2D eigenvalue weighted by molar-refractivity contribution is 6.03. The molecule has 0 atom stereocenters. The lowest BCUT2D eigenvalue weighted by Gasteiger charge is -2.07. The smallest absolute Gasteiger partial charge is 0.338 e. The topological polar surface area (TPSA) is 79.3 Å². The van der Waals surface area contributed by atoms with Crippen molar-refractivity contribution in [3.63, 3.8) is 0 Å². The minimum absolute atomic E-state index is 0.0405. The number of hydrogen-bond donors (Lipinski definition) is 2. The SMILES string of the molecule is O=C(O)c1cccnc1C(=O)NCc1ccccc1F. The molecular weight excluding hydrogens is 263 g/mol. The van der Waals surface area contributed by atoms with Gasteiger partial charge in [0, 0.05) is 18.3 Å². The van der Waals surface area contributed by atoms with E-state index < -0.39 is 17.7 Å². The lowest BCUT2D eigenvalue weighted by molar-refractivity contribution is 0.0690. The molecule has 5 nitrogen and oxygen atoms in total. The summed E-state index contributed by atoms with van der Waals surface area (Å²) in [5.41, 5.74) is -0.0801. The third-order valence-corrected chi connectivity index (χ3v) is 2.65. The van der Waals surface area contributed by atoms with Crippen molar-refractivity contribution in [1.29, 1.82) is 0 Å². The molecule has 0 saturated heterocycles. The lowest BCUT2D eigenvalue weighted by Crippen LogP contribution is -2.26. The molecule has 6 heteroatoms. The van der Waals surface area contributed by atoms with Gasteiger partial charge in [0.2, 0.25) is 0 Å². The van der Waals surface area contributed by atoms with Gasteiger partial charge in [0.05, 0.1) is 5.56 Å². The second kappa shape index (κ2) is 5.92. The van der Waals surface area contributed by atoms with Crippen LogP contribution in [0.2, 0.25) is 0 Å². The number of benzene rings is 1. The maximum absolute atomic E-state index is 13.4. The molecule has 1 aromatic heterocycles. The number of pyridine rings is 1. The van der Waals surface area contributed by atoms with E-state index in [9.17, 15) is 14.0 Å². The molecule has 0 aliphatic carbocycles. The third kappa shape index (κ3) is 2.97. The Kier molecular flexibility index (Phi) is 4.05. The zero-order valence-corrected chi connectivity index (χ0v) is 10.3. The normalized spacial score (nSPS) is 10.1. The monoisotopic (exact) mass is 274 g/mol. The largest absolute Gasteiger partial charge is 0.478 e. The van der Waals surface area contributed by atoms with Crippen LogP contribution in [0.5, 0.6) is 0 Å². The summed E-state index contributed by atoms with van der Waals surface area (Å²) in [6.07, 6.45) is 1.32. The fourth-order valence-corrected chi connectivity index (χ4v) is 1.66. The first-order chi connectivity index (χ1) is 9.59. The number of carbonyl (C=O) groups excluding carboxylic acids is 1. The van der Waals surface area contributed by atoms with E-state index in [-0.39, 0.29) is 17.8 Å². The number of halogens is 1. The van der Waals surface area contributed by atoms with Crippen LogP contribution in [0, 0.1) is 5.82 Å². The number of carboxylic acid groups (broad SMARTS) is 1. The van der Waals surface area contributed by atoms with Crippen molar-refractivity contribution in [3.8, 4) is 0 Å². The summed E-state index contributed by atoms with van der Waals surface area (Å²) in [6, 6.07) is 8.72. The number of nitrogens with zero attached hydrogens (tertiary/aromatic N) is 1. The highest BCUT2D eigenvalue weighted by Crippen LogP contribution is 2.08. The average molecular weight is 274 g/mol. The minimum Gasteiger partial charge on any atom is -0.478 e. The maximum atomic E-state index is 13.4. The number of aromatic carboxylic acids is 1. The van der Waals surface area contributed by atoms with Gasteiger partial charge in [-0.2, -0.15) is 0 Å². The van der Waals surface area contributed by atoms with Crippen LogP contribution in [-0.2, 0) is 6.54 Å². The second-order valence-electron chi connectivity index (χ2n) is 3.98. The van der Waals surface area contributed by atoms with E-state index in [1.54, 1.807) is 12.1 Å². The molecule has 0 spiro atoms. The Balaban J connectivity index is 2.14. The van der Waals surface area contributed by atoms with Gasteiger partial charge < -0.3 is 10.4 Å². The van der Waals surface area contributed by atoms with Crippen molar-refractivity contribution in [1.82, 2.24) is 10.3 Å². The fraction of sp³-hybridized carbons (Fsp3) is 0.0714. The second-order valence-corrected chi connectivity index (χ2v) is 3.98. The van der Waals surface area contributed by atoms with E-state index >= 15 is 0 Å². The Morgan fingerprint density at radius 1 is 1.20 bits per heavy atom. The molecule has 0 fully saturated rings. The van der Waals surface area contributed by atoms with E-state index in [1.165, 1.54) is 30.5 Å². The van der Waals surface area contributed by atoms with Gasteiger partial charge in [0.25, 0.3) is 5.91 Å². The van der Waals surface area contributed by atoms with Crippen LogP contribution < -0.4 is 5.32 Å². The zero-order chi connectivity index (χ0) is 14.5. The standard InChI is InChI=1S/C14H11FN2O3/c15-11-6-2-1-4-9(11)8-17-13(18)12-10(14(19)20)5-3-7-16-12/h1-7H,8H2,(H,17,18)(H,19,20). The van der Waals surface area contributed by atoms with Crippen LogP contribution in [0.25, 0.3) is 0 Å². The van der Waals surface area contributed by atoms with Gasteiger partial charge >= 0.3 is 5.97 Å². The van der Waals surface area contributed by atoms with E-state index in [2.05, 4.69) is 10.3 Å². The number of amides is 1. The molecule has 0 unspecified atom stereocenters. The van der Waals surface area contributed by atoms with Crippen LogP contribution in [0.15, 0.2) is 42.6 Å². The Labute approximate surface area is 114 Å².